The number of aromatic nitrogens is 2. The Morgan fingerprint density at radius 3 is 2.80 bits per heavy atom. The van der Waals surface area contributed by atoms with Crippen LogP contribution in [0.4, 0.5) is 0 Å². The largest absolute Gasteiger partial charge is 0.486 e. The van der Waals surface area contributed by atoms with E-state index in [0.717, 1.165) is 16.3 Å². The average Bonchev–Trinajstić information content (AvgIpc) is 2.96. The smallest absolute Gasteiger partial charge is 0.157 e. The first-order valence-corrected chi connectivity index (χ1v) is 7.61. The van der Waals surface area contributed by atoms with Gasteiger partial charge < -0.3 is 4.74 Å². The van der Waals surface area contributed by atoms with Crippen molar-refractivity contribution in [1.82, 2.24) is 9.78 Å². The molecule has 20 heavy (non-hydrogen) atoms. The quantitative estimate of drug-likeness (QED) is 0.821. The van der Waals surface area contributed by atoms with Gasteiger partial charge >= 0.3 is 0 Å². The summed E-state index contributed by atoms with van der Waals surface area (Å²) in [5.41, 5.74) is 1.000. The number of hydrogen-bond acceptors (Lipinski definition) is 2. The maximum atomic E-state index is 6.12. The van der Waals surface area contributed by atoms with Gasteiger partial charge in [-0.3, -0.25) is 4.68 Å². The zero-order valence-electron chi connectivity index (χ0n) is 11.5. The van der Waals surface area contributed by atoms with E-state index in [1.165, 1.54) is 32.1 Å². The van der Waals surface area contributed by atoms with E-state index in [-0.39, 0.29) is 0 Å². The minimum atomic E-state index is 0.482. The van der Waals surface area contributed by atoms with Crippen LogP contribution in [-0.2, 0) is 6.61 Å². The fourth-order valence-corrected chi connectivity index (χ4v) is 2.91. The first kappa shape index (κ1) is 13.5. The second kappa shape index (κ2) is 6.31. The van der Waals surface area contributed by atoms with E-state index in [0.29, 0.717) is 12.6 Å². The lowest BCUT2D eigenvalue weighted by Gasteiger charge is -2.21. The lowest BCUT2D eigenvalue weighted by molar-refractivity contribution is 0.301. The van der Waals surface area contributed by atoms with E-state index >= 15 is 0 Å². The highest BCUT2D eigenvalue weighted by atomic mass is 35.5. The third-order valence-corrected chi connectivity index (χ3v) is 4.25. The van der Waals surface area contributed by atoms with Crippen LogP contribution in [0.1, 0.15) is 43.7 Å². The molecule has 0 bridgehead atoms. The normalized spacial score (nSPS) is 16.2. The van der Waals surface area contributed by atoms with Gasteiger partial charge in [0.2, 0.25) is 0 Å². The van der Waals surface area contributed by atoms with Crippen molar-refractivity contribution in [3.05, 3.63) is 47.2 Å². The molecule has 0 saturated heterocycles. The first-order chi connectivity index (χ1) is 9.83. The third kappa shape index (κ3) is 3.15. The summed E-state index contributed by atoms with van der Waals surface area (Å²) in [5, 5.41) is 5.18. The van der Waals surface area contributed by atoms with Gasteiger partial charge in [0.05, 0.1) is 18.4 Å². The maximum Gasteiger partial charge on any atom is 0.157 e. The predicted octanol–water partition coefficient (Wildman–Crippen LogP) is 4.62. The van der Waals surface area contributed by atoms with E-state index in [1.807, 2.05) is 30.5 Å². The predicted molar refractivity (Wildman–Crippen MR) is 80.1 cm³/mol. The Balaban J connectivity index is 1.61. The van der Waals surface area contributed by atoms with Crippen molar-refractivity contribution in [1.29, 1.82) is 0 Å². The highest BCUT2D eigenvalue weighted by molar-refractivity contribution is 6.31. The highest BCUT2D eigenvalue weighted by Crippen LogP contribution is 2.28. The van der Waals surface area contributed by atoms with Gasteiger partial charge in [0.1, 0.15) is 6.61 Å². The number of halogens is 1. The van der Waals surface area contributed by atoms with Crippen LogP contribution in [0.5, 0.6) is 5.75 Å². The molecule has 0 N–H and O–H groups in total. The van der Waals surface area contributed by atoms with Crippen molar-refractivity contribution in [2.45, 2.75) is 44.8 Å². The van der Waals surface area contributed by atoms with Gasteiger partial charge in [0.15, 0.2) is 5.75 Å². The molecule has 0 spiro atoms. The second-order valence-corrected chi connectivity index (χ2v) is 5.74. The molecule has 1 saturated carbocycles. The van der Waals surface area contributed by atoms with Crippen LogP contribution in [0.25, 0.3) is 0 Å². The standard InChI is InChI=1S/C16H19ClN2O/c17-16-9-5-4-6-13(16)12-20-15-10-18-19(11-15)14-7-2-1-3-8-14/h4-6,9-11,14H,1-3,7-8,12H2. The Kier molecular flexibility index (Phi) is 4.26. The van der Waals surface area contributed by atoms with Gasteiger partial charge in [0, 0.05) is 10.6 Å². The summed E-state index contributed by atoms with van der Waals surface area (Å²) in [6.45, 7) is 0.482. The molecule has 0 radical (unpaired) electrons. The Bertz CT molecular complexity index is 561. The number of rotatable bonds is 4. The number of hydrogen-bond donors (Lipinski definition) is 0. The number of benzene rings is 1. The van der Waals surface area contributed by atoms with Crippen molar-refractivity contribution in [2.24, 2.45) is 0 Å². The third-order valence-electron chi connectivity index (χ3n) is 3.88. The van der Waals surface area contributed by atoms with Crippen molar-refractivity contribution in [2.75, 3.05) is 0 Å². The Hall–Kier alpha value is -1.48. The zero-order chi connectivity index (χ0) is 13.8. The molecule has 0 amide bonds. The summed E-state index contributed by atoms with van der Waals surface area (Å²) in [6, 6.07) is 8.30. The number of ether oxygens (including phenoxy) is 1. The summed E-state index contributed by atoms with van der Waals surface area (Å²) in [6.07, 6.45) is 10.2. The number of nitrogens with zero attached hydrogens (tertiary/aromatic N) is 2. The molecule has 106 valence electrons. The lowest BCUT2D eigenvalue weighted by Crippen LogP contribution is -2.12. The molecule has 1 aromatic carbocycles. The summed E-state index contributed by atoms with van der Waals surface area (Å²) >= 11 is 6.12. The van der Waals surface area contributed by atoms with Gasteiger partial charge in [-0.2, -0.15) is 5.10 Å². The zero-order valence-corrected chi connectivity index (χ0v) is 12.2. The molecule has 3 nitrogen and oxygen atoms in total. The second-order valence-electron chi connectivity index (χ2n) is 5.33. The molecule has 2 aromatic rings. The van der Waals surface area contributed by atoms with Crippen LogP contribution in [0, 0.1) is 0 Å². The molecule has 0 aliphatic heterocycles. The van der Waals surface area contributed by atoms with Crippen LogP contribution < -0.4 is 4.74 Å². The van der Waals surface area contributed by atoms with Crippen LogP contribution in [0.2, 0.25) is 5.02 Å². The Labute approximate surface area is 124 Å². The fraction of sp³-hybridized carbons (Fsp3) is 0.438. The van der Waals surface area contributed by atoms with Crippen LogP contribution in [0.3, 0.4) is 0 Å². The maximum absolute atomic E-state index is 6.12. The minimum Gasteiger partial charge on any atom is -0.486 e. The topological polar surface area (TPSA) is 27.1 Å². The summed E-state index contributed by atoms with van der Waals surface area (Å²) in [7, 11) is 0. The van der Waals surface area contributed by atoms with Crippen molar-refractivity contribution in [3.63, 3.8) is 0 Å². The summed E-state index contributed by atoms with van der Waals surface area (Å²) < 4.78 is 7.83. The molecular formula is C16H19ClN2O. The molecule has 4 heteroatoms. The first-order valence-electron chi connectivity index (χ1n) is 7.23. The van der Waals surface area contributed by atoms with Gasteiger partial charge in [-0.15, -0.1) is 0 Å². The van der Waals surface area contributed by atoms with Gasteiger partial charge in [-0.1, -0.05) is 49.1 Å². The van der Waals surface area contributed by atoms with Gasteiger partial charge in [-0.25, -0.2) is 0 Å². The van der Waals surface area contributed by atoms with E-state index in [1.54, 1.807) is 6.20 Å². The van der Waals surface area contributed by atoms with Gasteiger partial charge in [-0.05, 0) is 18.9 Å². The van der Waals surface area contributed by atoms with E-state index in [2.05, 4.69) is 9.78 Å². The van der Waals surface area contributed by atoms with Crippen LogP contribution in [0.15, 0.2) is 36.7 Å². The molecule has 0 atom stereocenters. The SMILES string of the molecule is Clc1ccccc1COc1cnn(C2CCCCC2)c1. The lowest BCUT2D eigenvalue weighted by atomic mass is 9.96. The monoisotopic (exact) mass is 290 g/mol. The molecule has 1 fully saturated rings. The summed E-state index contributed by atoms with van der Waals surface area (Å²) in [5.74, 6) is 0.815. The van der Waals surface area contributed by atoms with Crippen molar-refractivity contribution < 1.29 is 4.74 Å². The van der Waals surface area contributed by atoms with Gasteiger partial charge in [0.25, 0.3) is 0 Å². The van der Waals surface area contributed by atoms with E-state index in [4.69, 9.17) is 16.3 Å². The molecule has 0 unspecified atom stereocenters. The molecule has 1 aliphatic rings. The van der Waals surface area contributed by atoms with E-state index < -0.39 is 0 Å². The Morgan fingerprint density at radius 1 is 1.20 bits per heavy atom. The van der Waals surface area contributed by atoms with Crippen molar-refractivity contribution in [3.8, 4) is 5.75 Å². The minimum absolute atomic E-state index is 0.482. The molecule has 1 heterocycles. The molecule has 3 rings (SSSR count). The average molecular weight is 291 g/mol. The Morgan fingerprint density at radius 2 is 2.00 bits per heavy atom. The highest BCUT2D eigenvalue weighted by Gasteiger charge is 2.16. The molecule has 1 aromatic heterocycles. The van der Waals surface area contributed by atoms with Crippen LogP contribution >= 0.6 is 11.6 Å². The van der Waals surface area contributed by atoms with E-state index in [9.17, 15) is 0 Å². The van der Waals surface area contributed by atoms with Crippen LogP contribution in [-0.4, -0.2) is 9.78 Å². The fourth-order valence-electron chi connectivity index (χ4n) is 2.72. The molecule has 1 aliphatic carbocycles. The molecular weight excluding hydrogens is 272 g/mol. The summed E-state index contributed by atoms with van der Waals surface area (Å²) in [4.78, 5) is 0. The van der Waals surface area contributed by atoms with Crippen molar-refractivity contribution >= 4 is 11.6 Å².